The fourth-order valence-corrected chi connectivity index (χ4v) is 5.34. The second-order valence-electron chi connectivity index (χ2n) is 7.49. The number of carbonyl (C=O) groups excluding carboxylic acids is 1. The summed E-state index contributed by atoms with van der Waals surface area (Å²) in [6.07, 6.45) is -1.48. The Morgan fingerprint density at radius 2 is 1.55 bits per heavy atom. The average molecular weight is 475 g/mol. The Kier molecular flexibility index (Phi) is 6.31. The zero-order valence-electron chi connectivity index (χ0n) is 17.6. The summed E-state index contributed by atoms with van der Waals surface area (Å²) >= 11 is 0. The summed E-state index contributed by atoms with van der Waals surface area (Å²) in [6.45, 7) is 1.46. The molecule has 4 rings (SSSR count). The van der Waals surface area contributed by atoms with E-state index in [2.05, 4.69) is 0 Å². The van der Waals surface area contributed by atoms with Crippen LogP contribution in [0.3, 0.4) is 0 Å². The number of rotatable bonds is 9. The summed E-state index contributed by atoms with van der Waals surface area (Å²) in [6, 6.07) is 15.9. The lowest BCUT2D eigenvalue weighted by atomic mass is 9.80. The van der Waals surface area contributed by atoms with Gasteiger partial charge in [0.2, 0.25) is 11.8 Å². The number of carbonyl (C=O) groups is 2. The van der Waals surface area contributed by atoms with Crippen LogP contribution in [0.5, 0.6) is 11.5 Å². The Morgan fingerprint density at radius 1 is 1.00 bits per heavy atom. The predicted molar refractivity (Wildman–Crippen MR) is 114 cm³/mol. The van der Waals surface area contributed by atoms with E-state index < -0.39 is 37.8 Å². The summed E-state index contributed by atoms with van der Waals surface area (Å²) in [4.78, 5) is 25.1. The Hall–Kier alpha value is -3.49. The fourth-order valence-electron chi connectivity index (χ4n) is 3.98. The van der Waals surface area contributed by atoms with Gasteiger partial charge in [-0.3, -0.25) is 9.69 Å². The summed E-state index contributed by atoms with van der Waals surface area (Å²) in [5.41, 5.74) is 0. The first-order valence-electron chi connectivity index (χ1n) is 10.2. The van der Waals surface area contributed by atoms with Crippen LogP contribution in [0.2, 0.25) is 0 Å². The van der Waals surface area contributed by atoms with E-state index in [1.165, 1.54) is 0 Å². The standard InChI is InChI=1S/C22H22NO9P/c1-14-18-17(12-13-24)20(25)23(18)21(29-22(26)27)19(14)32-33(28,30-15-8-4-2-5-9-15)31-16-10-6-3-7-11-16/h2-11,14,17-18,24H,12-13H2,1H3,(H,26,27)/t14-,17+,18-/m1/s1. The van der Waals surface area contributed by atoms with E-state index in [0.29, 0.717) is 0 Å². The second kappa shape index (κ2) is 9.17. The van der Waals surface area contributed by atoms with Crippen LogP contribution in [0.1, 0.15) is 13.3 Å². The van der Waals surface area contributed by atoms with Gasteiger partial charge in [-0.25, -0.2) is 4.79 Å². The molecule has 0 bridgehead atoms. The van der Waals surface area contributed by atoms with E-state index in [9.17, 15) is 24.4 Å². The number of benzene rings is 2. The minimum Gasteiger partial charge on any atom is -0.449 e. The predicted octanol–water partition coefficient (Wildman–Crippen LogP) is 3.99. The van der Waals surface area contributed by atoms with E-state index in [0.717, 1.165) is 4.90 Å². The number of hydrogen-bond donors (Lipinski definition) is 2. The summed E-state index contributed by atoms with van der Waals surface area (Å²) in [5, 5.41) is 18.5. The van der Waals surface area contributed by atoms with E-state index in [4.69, 9.17) is 18.3 Å². The van der Waals surface area contributed by atoms with Gasteiger partial charge in [0.25, 0.3) is 0 Å². The maximum Gasteiger partial charge on any atom is 0.646 e. The lowest BCUT2D eigenvalue weighted by molar-refractivity contribution is -0.156. The maximum atomic E-state index is 13.8. The number of hydrogen-bond acceptors (Lipinski definition) is 8. The van der Waals surface area contributed by atoms with Gasteiger partial charge in [-0.1, -0.05) is 43.3 Å². The first-order valence-corrected chi connectivity index (χ1v) is 11.7. The molecule has 0 aliphatic carbocycles. The number of phosphoric ester groups is 1. The van der Waals surface area contributed by atoms with Gasteiger partial charge in [-0.05, 0) is 30.7 Å². The highest BCUT2D eigenvalue weighted by Crippen LogP contribution is 2.57. The number of β-lactam (4-membered cyclic amide) rings is 1. The molecular formula is C22H22NO9P. The Labute approximate surface area is 189 Å². The number of fused-ring (bicyclic) bond motifs is 1. The molecule has 0 unspecified atom stereocenters. The Morgan fingerprint density at radius 3 is 2.03 bits per heavy atom. The van der Waals surface area contributed by atoms with E-state index in [1.54, 1.807) is 67.6 Å². The van der Waals surface area contributed by atoms with Gasteiger partial charge in [0.05, 0.1) is 12.0 Å². The lowest BCUT2D eigenvalue weighted by Gasteiger charge is -2.44. The number of carboxylic acid groups (broad SMARTS) is 1. The van der Waals surface area contributed by atoms with Gasteiger partial charge < -0.3 is 28.5 Å². The zero-order chi connectivity index (χ0) is 23.6. The summed E-state index contributed by atoms with van der Waals surface area (Å²) < 4.78 is 35.5. The number of aliphatic hydroxyl groups is 1. The molecule has 1 amide bonds. The number of nitrogens with zero attached hydrogens (tertiary/aromatic N) is 1. The van der Waals surface area contributed by atoms with Crippen molar-refractivity contribution in [1.29, 1.82) is 0 Å². The highest BCUT2D eigenvalue weighted by atomic mass is 31.2. The highest BCUT2D eigenvalue weighted by Gasteiger charge is 2.60. The largest absolute Gasteiger partial charge is 0.646 e. The highest BCUT2D eigenvalue weighted by molar-refractivity contribution is 7.49. The molecule has 1 fully saturated rings. The van der Waals surface area contributed by atoms with Crippen LogP contribution < -0.4 is 9.05 Å². The van der Waals surface area contributed by atoms with Gasteiger partial charge in [-0.2, -0.15) is 4.57 Å². The van der Waals surface area contributed by atoms with Crippen molar-refractivity contribution in [3.63, 3.8) is 0 Å². The number of para-hydroxylation sites is 2. The van der Waals surface area contributed by atoms with Gasteiger partial charge in [0.15, 0.2) is 5.76 Å². The van der Waals surface area contributed by atoms with Gasteiger partial charge in [-0.15, -0.1) is 0 Å². The zero-order valence-corrected chi connectivity index (χ0v) is 18.5. The molecule has 10 nitrogen and oxygen atoms in total. The van der Waals surface area contributed by atoms with Crippen molar-refractivity contribution in [2.75, 3.05) is 6.61 Å². The first kappa shape index (κ1) is 22.7. The molecule has 174 valence electrons. The van der Waals surface area contributed by atoms with E-state index in [1.807, 2.05) is 0 Å². The molecule has 0 aromatic heterocycles. The van der Waals surface area contributed by atoms with Gasteiger partial charge in [0.1, 0.15) is 11.5 Å². The Balaban J connectivity index is 1.70. The van der Waals surface area contributed by atoms with Crippen molar-refractivity contribution in [3.05, 3.63) is 72.3 Å². The molecule has 2 aromatic rings. The van der Waals surface area contributed by atoms with Crippen LogP contribution in [-0.4, -0.2) is 39.8 Å². The second-order valence-corrected chi connectivity index (χ2v) is 8.93. The van der Waals surface area contributed by atoms with E-state index >= 15 is 0 Å². The van der Waals surface area contributed by atoms with Crippen molar-refractivity contribution in [2.45, 2.75) is 19.4 Å². The SMILES string of the molecule is C[C@H]1C(OP(=O)(Oc2ccccc2)Oc2ccccc2)=C(OC(=O)O)N2C(=O)[C@@H](CCO)[C@@H]12. The number of phosphoric acid groups is 1. The lowest BCUT2D eigenvalue weighted by Crippen LogP contribution is -2.60. The third-order valence-corrected chi connectivity index (χ3v) is 6.66. The molecule has 0 saturated carbocycles. The quantitative estimate of drug-likeness (QED) is 0.314. The molecule has 2 aromatic carbocycles. The molecule has 1 saturated heterocycles. The van der Waals surface area contributed by atoms with E-state index in [-0.39, 0.29) is 36.2 Å². The van der Waals surface area contributed by atoms with Crippen molar-refractivity contribution >= 4 is 19.9 Å². The van der Waals surface area contributed by atoms with Crippen molar-refractivity contribution in [1.82, 2.24) is 4.90 Å². The molecule has 0 spiro atoms. The van der Waals surface area contributed by atoms with Crippen molar-refractivity contribution in [2.24, 2.45) is 11.8 Å². The van der Waals surface area contributed by atoms with Crippen LogP contribution in [0.25, 0.3) is 0 Å². The minimum absolute atomic E-state index is 0.147. The van der Waals surface area contributed by atoms with Crippen LogP contribution >= 0.6 is 7.82 Å². The molecule has 33 heavy (non-hydrogen) atoms. The summed E-state index contributed by atoms with van der Waals surface area (Å²) in [7, 11) is -4.43. The van der Waals surface area contributed by atoms with Crippen molar-refractivity contribution < 1.29 is 42.7 Å². The average Bonchev–Trinajstić information content (AvgIpc) is 3.00. The third-order valence-electron chi connectivity index (χ3n) is 5.38. The molecule has 2 heterocycles. The smallest absolute Gasteiger partial charge is 0.449 e. The number of aliphatic hydroxyl groups excluding tert-OH is 1. The van der Waals surface area contributed by atoms with Gasteiger partial charge >= 0.3 is 14.0 Å². The molecule has 2 aliphatic heterocycles. The molecular weight excluding hydrogens is 453 g/mol. The summed E-state index contributed by atoms with van der Waals surface area (Å²) in [5.74, 6) is -1.70. The van der Waals surface area contributed by atoms with Crippen LogP contribution in [-0.2, 0) is 18.6 Å². The monoisotopic (exact) mass is 475 g/mol. The van der Waals surface area contributed by atoms with Crippen LogP contribution in [0, 0.1) is 11.8 Å². The topological polar surface area (TPSA) is 132 Å². The third kappa shape index (κ3) is 4.53. The van der Waals surface area contributed by atoms with Gasteiger partial charge in [0, 0.05) is 12.5 Å². The molecule has 11 heteroatoms. The van der Waals surface area contributed by atoms with Crippen LogP contribution in [0.4, 0.5) is 4.79 Å². The first-order chi connectivity index (χ1) is 15.8. The maximum absolute atomic E-state index is 13.8. The van der Waals surface area contributed by atoms with Crippen LogP contribution in [0.15, 0.2) is 72.3 Å². The molecule has 2 N–H and O–H groups in total. The molecule has 3 atom stereocenters. The Bertz CT molecular complexity index is 1060. The van der Waals surface area contributed by atoms with Crippen molar-refractivity contribution in [3.8, 4) is 11.5 Å². The normalized spacial score (nSPS) is 21.8. The molecule has 2 aliphatic rings. The number of amides is 1. The fraction of sp³-hybridized carbons (Fsp3) is 0.273. The molecule has 0 radical (unpaired) electrons. The minimum atomic E-state index is -4.43. The number of ether oxygens (including phenoxy) is 1.